The molecule has 0 aliphatic carbocycles. The van der Waals surface area contributed by atoms with E-state index in [1.165, 1.54) is 4.90 Å². The predicted octanol–water partition coefficient (Wildman–Crippen LogP) is 0.315. The molecule has 1 saturated heterocycles. The predicted molar refractivity (Wildman–Crippen MR) is 111 cm³/mol. The van der Waals surface area contributed by atoms with Gasteiger partial charge in [0.2, 0.25) is 11.8 Å². The van der Waals surface area contributed by atoms with Crippen LogP contribution in [-0.2, 0) is 23.9 Å². The van der Waals surface area contributed by atoms with Gasteiger partial charge in [0.25, 0.3) is 5.91 Å². The molecule has 4 amide bonds. The number of hydrogen-bond acceptors (Lipinski definition) is 7. The fourth-order valence-electron chi connectivity index (χ4n) is 3.31. The fraction of sp³-hybridized carbons (Fsp3) is 0.750. The molecule has 0 aromatic carbocycles. The number of carboxylic acid groups (broad SMARTS) is 1. The molecular formula is C20H34N4O7. The number of carboxylic acids is 1. The van der Waals surface area contributed by atoms with Crippen LogP contribution in [0.1, 0.15) is 53.9 Å². The molecule has 1 rings (SSSR count). The fourth-order valence-corrected chi connectivity index (χ4v) is 3.31. The van der Waals surface area contributed by atoms with E-state index in [0.717, 1.165) is 0 Å². The third-order valence-electron chi connectivity index (χ3n) is 5.02. The normalized spacial score (nSPS) is 18.1. The second kappa shape index (κ2) is 11.1. The van der Waals surface area contributed by atoms with Crippen molar-refractivity contribution in [3.8, 4) is 0 Å². The maximum absolute atomic E-state index is 13.4. The lowest BCUT2D eigenvalue weighted by Crippen LogP contribution is -2.58. The van der Waals surface area contributed by atoms with Crippen LogP contribution in [-0.4, -0.2) is 82.0 Å². The van der Waals surface area contributed by atoms with Crippen molar-refractivity contribution >= 4 is 29.8 Å². The van der Waals surface area contributed by atoms with Gasteiger partial charge >= 0.3 is 12.1 Å². The Morgan fingerprint density at radius 3 is 2.35 bits per heavy atom. The summed E-state index contributed by atoms with van der Waals surface area (Å²) >= 11 is 0. The lowest BCUT2D eigenvalue weighted by Gasteiger charge is -2.35. The minimum Gasteiger partial charge on any atom is -0.480 e. The van der Waals surface area contributed by atoms with Gasteiger partial charge in [-0.2, -0.15) is 0 Å². The third kappa shape index (κ3) is 7.20. The van der Waals surface area contributed by atoms with Crippen LogP contribution < -0.4 is 11.1 Å². The van der Waals surface area contributed by atoms with Crippen molar-refractivity contribution in [1.29, 1.82) is 0 Å². The number of hydrogen-bond donors (Lipinski definition) is 3. The van der Waals surface area contributed by atoms with Crippen molar-refractivity contribution in [1.82, 2.24) is 15.1 Å². The molecule has 1 aliphatic heterocycles. The molecule has 11 nitrogen and oxygen atoms in total. The maximum Gasteiger partial charge on any atom is 0.417 e. The molecule has 1 heterocycles. The Balaban J connectivity index is 3.22. The van der Waals surface area contributed by atoms with Crippen LogP contribution in [0.25, 0.3) is 0 Å². The van der Waals surface area contributed by atoms with Gasteiger partial charge in [-0.05, 0) is 39.5 Å². The largest absolute Gasteiger partial charge is 0.480 e. The number of nitrogens with zero attached hydrogens (tertiary/aromatic N) is 2. The van der Waals surface area contributed by atoms with E-state index in [-0.39, 0.29) is 26.1 Å². The van der Waals surface area contributed by atoms with E-state index in [1.54, 1.807) is 34.6 Å². The number of rotatable bonds is 8. The summed E-state index contributed by atoms with van der Waals surface area (Å²) in [5.41, 5.74) is 4.26. The van der Waals surface area contributed by atoms with Crippen LogP contribution in [0.5, 0.6) is 0 Å². The van der Waals surface area contributed by atoms with Crippen LogP contribution in [0, 0.1) is 5.92 Å². The molecule has 176 valence electrons. The van der Waals surface area contributed by atoms with Gasteiger partial charge in [-0.25, -0.2) is 14.5 Å². The molecule has 0 radical (unpaired) electrons. The Morgan fingerprint density at radius 2 is 1.87 bits per heavy atom. The highest BCUT2D eigenvalue weighted by molar-refractivity contribution is 6.01. The van der Waals surface area contributed by atoms with Crippen molar-refractivity contribution in [2.45, 2.75) is 71.6 Å². The number of ether oxygens (including phenoxy) is 1. The SMILES string of the molecule is CC[C@H](C)[C@@H](C(=O)O)N(C(=O)OC(C)(C)C)C(=O)[C@@H]1CCCN1C(=O)CNC(=O)CN. The van der Waals surface area contributed by atoms with E-state index >= 15 is 0 Å². The smallest absolute Gasteiger partial charge is 0.417 e. The van der Waals surface area contributed by atoms with Crippen LogP contribution >= 0.6 is 0 Å². The van der Waals surface area contributed by atoms with Crippen molar-refractivity contribution in [2.24, 2.45) is 11.7 Å². The Labute approximate surface area is 182 Å². The zero-order valence-corrected chi connectivity index (χ0v) is 18.8. The minimum absolute atomic E-state index is 0.247. The van der Waals surface area contributed by atoms with Gasteiger partial charge < -0.3 is 25.8 Å². The lowest BCUT2D eigenvalue weighted by atomic mass is 9.97. The molecule has 0 aromatic rings. The van der Waals surface area contributed by atoms with E-state index in [2.05, 4.69) is 5.32 Å². The molecule has 11 heteroatoms. The van der Waals surface area contributed by atoms with E-state index in [4.69, 9.17) is 10.5 Å². The third-order valence-corrected chi connectivity index (χ3v) is 5.02. The van der Waals surface area contributed by atoms with E-state index in [9.17, 15) is 29.1 Å². The number of nitrogens with two attached hydrogens (primary N) is 1. The Hall–Kier alpha value is -2.69. The van der Waals surface area contributed by atoms with Crippen LogP contribution in [0.15, 0.2) is 0 Å². The molecule has 3 atom stereocenters. The molecule has 1 fully saturated rings. The second-order valence-corrected chi connectivity index (χ2v) is 8.58. The minimum atomic E-state index is -1.44. The highest BCUT2D eigenvalue weighted by Crippen LogP contribution is 2.25. The number of amides is 4. The summed E-state index contributed by atoms with van der Waals surface area (Å²) in [5, 5.41) is 12.1. The van der Waals surface area contributed by atoms with Crippen molar-refractivity contribution in [3.63, 3.8) is 0 Å². The molecule has 4 N–H and O–H groups in total. The van der Waals surface area contributed by atoms with Gasteiger partial charge in [0, 0.05) is 6.54 Å². The quantitative estimate of drug-likeness (QED) is 0.484. The molecule has 0 aromatic heterocycles. The summed E-state index contributed by atoms with van der Waals surface area (Å²) in [6.07, 6.45) is 0.0978. The number of imide groups is 1. The van der Waals surface area contributed by atoms with E-state index < -0.39 is 53.4 Å². The second-order valence-electron chi connectivity index (χ2n) is 8.58. The summed E-state index contributed by atoms with van der Waals surface area (Å²) in [6.45, 7) is 7.83. The average Bonchev–Trinajstić information content (AvgIpc) is 3.16. The number of carbonyl (C=O) groups excluding carboxylic acids is 4. The Morgan fingerprint density at radius 1 is 1.26 bits per heavy atom. The van der Waals surface area contributed by atoms with E-state index in [0.29, 0.717) is 17.7 Å². The summed E-state index contributed by atoms with van der Waals surface area (Å²) in [6, 6.07) is -2.47. The molecule has 31 heavy (non-hydrogen) atoms. The van der Waals surface area contributed by atoms with Gasteiger partial charge in [0.15, 0.2) is 0 Å². The zero-order chi connectivity index (χ0) is 23.9. The van der Waals surface area contributed by atoms with Gasteiger partial charge in [-0.1, -0.05) is 20.3 Å². The van der Waals surface area contributed by atoms with Crippen LogP contribution in [0.2, 0.25) is 0 Å². The van der Waals surface area contributed by atoms with Crippen molar-refractivity contribution in [2.75, 3.05) is 19.6 Å². The molecule has 0 bridgehead atoms. The first kappa shape index (κ1) is 26.3. The number of aliphatic carboxylic acids is 1. The first-order valence-electron chi connectivity index (χ1n) is 10.4. The van der Waals surface area contributed by atoms with Gasteiger partial charge in [-0.15, -0.1) is 0 Å². The van der Waals surface area contributed by atoms with Crippen molar-refractivity contribution < 1.29 is 33.8 Å². The lowest BCUT2D eigenvalue weighted by molar-refractivity contribution is -0.155. The highest BCUT2D eigenvalue weighted by Gasteiger charge is 2.46. The molecule has 1 aliphatic rings. The molecular weight excluding hydrogens is 408 g/mol. The summed E-state index contributed by atoms with van der Waals surface area (Å²) < 4.78 is 5.32. The topological polar surface area (TPSA) is 159 Å². The monoisotopic (exact) mass is 442 g/mol. The molecule has 0 spiro atoms. The summed E-state index contributed by atoms with van der Waals surface area (Å²) in [4.78, 5) is 64.1. The summed E-state index contributed by atoms with van der Waals surface area (Å²) in [7, 11) is 0. The average molecular weight is 443 g/mol. The molecule has 0 unspecified atom stereocenters. The Kier molecular flexibility index (Phi) is 9.41. The van der Waals surface area contributed by atoms with Gasteiger partial charge in [0.05, 0.1) is 13.1 Å². The zero-order valence-electron chi connectivity index (χ0n) is 18.8. The van der Waals surface area contributed by atoms with Gasteiger partial charge in [-0.3, -0.25) is 14.4 Å². The van der Waals surface area contributed by atoms with Crippen molar-refractivity contribution in [3.05, 3.63) is 0 Å². The van der Waals surface area contributed by atoms with Crippen LogP contribution in [0.3, 0.4) is 0 Å². The highest BCUT2D eigenvalue weighted by atomic mass is 16.6. The standard InChI is InChI=1S/C20H34N4O7/c1-6-12(2)16(18(28)29)24(19(30)31-20(3,4)5)17(27)13-8-7-9-23(13)15(26)11-22-14(25)10-21/h12-13,16H,6-11,21H2,1-5H3,(H,22,25)(H,28,29)/t12-,13-,16-/m0/s1. The van der Waals surface area contributed by atoms with E-state index in [1.807, 2.05) is 0 Å². The number of nitrogens with one attached hydrogen (secondary N) is 1. The first-order chi connectivity index (χ1) is 14.3. The van der Waals surface area contributed by atoms with Gasteiger partial charge in [0.1, 0.15) is 17.7 Å². The summed E-state index contributed by atoms with van der Waals surface area (Å²) in [5.74, 6) is -3.72. The van der Waals surface area contributed by atoms with Crippen LogP contribution in [0.4, 0.5) is 4.79 Å². The maximum atomic E-state index is 13.4. The first-order valence-corrected chi connectivity index (χ1v) is 10.4. The number of carbonyl (C=O) groups is 5. The Bertz CT molecular complexity index is 704. The molecule has 0 saturated carbocycles. The number of likely N-dealkylation sites (tertiary alicyclic amines) is 1.